The summed E-state index contributed by atoms with van der Waals surface area (Å²) in [4.78, 5) is 0. The van der Waals surface area contributed by atoms with Crippen molar-refractivity contribution in [3.05, 3.63) is 48.5 Å². The molecule has 7 heteroatoms. The SMILES string of the molecule is CCNC(c1cc(Br)sc1Br)c1c(F)cc(OC)cc1F. The summed E-state index contributed by atoms with van der Waals surface area (Å²) in [5, 5.41) is 3.12. The molecule has 0 spiro atoms. The van der Waals surface area contributed by atoms with Gasteiger partial charge in [-0.25, -0.2) is 8.78 Å². The van der Waals surface area contributed by atoms with E-state index in [2.05, 4.69) is 37.2 Å². The first-order chi connectivity index (χ1) is 9.97. The molecule has 0 amide bonds. The van der Waals surface area contributed by atoms with E-state index in [0.717, 1.165) is 13.1 Å². The van der Waals surface area contributed by atoms with Crippen molar-refractivity contribution >= 4 is 43.2 Å². The summed E-state index contributed by atoms with van der Waals surface area (Å²) in [5.41, 5.74) is 0.778. The lowest BCUT2D eigenvalue weighted by Gasteiger charge is -2.20. The van der Waals surface area contributed by atoms with Crippen LogP contribution in [0.2, 0.25) is 0 Å². The van der Waals surface area contributed by atoms with Gasteiger partial charge < -0.3 is 10.1 Å². The molecule has 0 aliphatic rings. The van der Waals surface area contributed by atoms with Crippen LogP contribution in [0.1, 0.15) is 24.1 Å². The lowest BCUT2D eigenvalue weighted by Crippen LogP contribution is -2.24. The van der Waals surface area contributed by atoms with Gasteiger partial charge in [-0.15, -0.1) is 11.3 Å². The molecule has 21 heavy (non-hydrogen) atoms. The Morgan fingerprint density at radius 3 is 2.29 bits per heavy atom. The molecule has 1 heterocycles. The second kappa shape index (κ2) is 7.17. The minimum Gasteiger partial charge on any atom is -0.497 e. The van der Waals surface area contributed by atoms with Crippen molar-refractivity contribution in [3.8, 4) is 5.75 Å². The Kier molecular flexibility index (Phi) is 5.76. The van der Waals surface area contributed by atoms with E-state index in [4.69, 9.17) is 4.74 Å². The molecule has 0 aliphatic carbocycles. The summed E-state index contributed by atoms with van der Waals surface area (Å²) in [6.45, 7) is 2.47. The van der Waals surface area contributed by atoms with Crippen LogP contribution in [-0.4, -0.2) is 13.7 Å². The van der Waals surface area contributed by atoms with Crippen molar-refractivity contribution in [3.63, 3.8) is 0 Å². The summed E-state index contributed by atoms with van der Waals surface area (Å²) in [6, 6.07) is 3.67. The molecule has 0 radical (unpaired) electrons. The molecule has 1 N–H and O–H groups in total. The summed E-state index contributed by atoms with van der Waals surface area (Å²) < 4.78 is 35.2. The lowest BCUT2D eigenvalue weighted by molar-refractivity contribution is 0.403. The van der Waals surface area contributed by atoms with Crippen molar-refractivity contribution in [1.29, 1.82) is 0 Å². The predicted octanol–water partition coefficient (Wildman–Crippen LogP) is 5.26. The Labute approximate surface area is 142 Å². The van der Waals surface area contributed by atoms with Crippen molar-refractivity contribution in [2.75, 3.05) is 13.7 Å². The van der Waals surface area contributed by atoms with Gasteiger partial charge in [0.25, 0.3) is 0 Å². The Balaban J connectivity index is 2.55. The first-order valence-corrected chi connectivity index (χ1v) is 8.59. The third kappa shape index (κ3) is 3.64. The smallest absolute Gasteiger partial charge is 0.134 e. The maximum atomic E-state index is 14.3. The molecule has 0 aliphatic heterocycles. The Hall–Kier alpha value is -0.500. The number of benzene rings is 1. The van der Waals surface area contributed by atoms with Gasteiger partial charge in [0.2, 0.25) is 0 Å². The number of halogens is 4. The quantitative estimate of drug-likeness (QED) is 0.684. The van der Waals surface area contributed by atoms with Crippen LogP contribution in [0.3, 0.4) is 0 Å². The van der Waals surface area contributed by atoms with E-state index in [-0.39, 0.29) is 11.3 Å². The first kappa shape index (κ1) is 16.9. The molecule has 1 aromatic heterocycles. The summed E-state index contributed by atoms with van der Waals surface area (Å²) in [5.74, 6) is -1.10. The van der Waals surface area contributed by atoms with Crippen molar-refractivity contribution in [1.82, 2.24) is 5.32 Å². The second-order valence-corrected chi connectivity index (χ2v) is 8.02. The van der Waals surface area contributed by atoms with Gasteiger partial charge in [0.05, 0.1) is 20.7 Å². The molecular formula is C14H13Br2F2NOS. The third-order valence-electron chi connectivity index (χ3n) is 2.98. The molecule has 1 aromatic carbocycles. The number of thiophene rings is 1. The highest BCUT2D eigenvalue weighted by Crippen LogP contribution is 2.39. The van der Waals surface area contributed by atoms with Gasteiger partial charge in [0.15, 0.2) is 0 Å². The Morgan fingerprint density at radius 2 is 1.86 bits per heavy atom. The van der Waals surface area contributed by atoms with Gasteiger partial charge in [0, 0.05) is 17.7 Å². The van der Waals surface area contributed by atoms with Crippen molar-refractivity contribution in [2.24, 2.45) is 0 Å². The fraction of sp³-hybridized carbons (Fsp3) is 0.286. The third-order valence-corrected chi connectivity index (χ3v) is 5.36. The monoisotopic (exact) mass is 439 g/mol. The minimum absolute atomic E-state index is 0.0105. The normalized spacial score (nSPS) is 12.5. The first-order valence-electron chi connectivity index (χ1n) is 6.19. The summed E-state index contributed by atoms with van der Waals surface area (Å²) >= 11 is 8.29. The zero-order chi connectivity index (χ0) is 15.6. The van der Waals surface area contributed by atoms with E-state index >= 15 is 0 Å². The van der Waals surface area contributed by atoms with Crippen LogP contribution in [0.15, 0.2) is 25.8 Å². The fourth-order valence-corrected chi connectivity index (χ4v) is 4.98. The zero-order valence-electron chi connectivity index (χ0n) is 11.3. The maximum Gasteiger partial charge on any atom is 0.134 e. The number of ether oxygens (including phenoxy) is 1. The number of hydrogen-bond donors (Lipinski definition) is 1. The average Bonchev–Trinajstić information content (AvgIpc) is 2.75. The van der Waals surface area contributed by atoms with Gasteiger partial charge in [-0.1, -0.05) is 6.92 Å². The van der Waals surface area contributed by atoms with Crippen LogP contribution < -0.4 is 10.1 Å². The van der Waals surface area contributed by atoms with Crippen molar-refractivity contribution in [2.45, 2.75) is 13.0 Å². The van der Waals surface area contributed by atoms with Crippen LogP contribution in [0.25, 0.3) is 0 Å². The molecule has 0 fully saturated rings. The minimum atomic E-state index is -0.632. The number of methoxy groups -OCH3 is 1. The molecule has 1 unspecified atom stereocenters. The standard InChI is InChI=1S/C14H13Br2F2NOS/c1-3-19-13(8-6-11(15)21-14(8)16)12-9(17)4-7(20-2)5-10(12)18/h4-6,13,19H,3H2,1-2H3. The van der Waals surface area contributed by atoms with E-state index < -0.39 is 17.7 Å². The molecule has 0 bridgehead atoms. The average molecular weight is 441 g/mol. The van der Waals surface area contributed by atoms with Gasteiger partial charge in [0.1, 0.15) is 17.4 Å². The van der Waals surface area contributed by atoms with E-state index in [9.17, 15) is 8.78 Å². The van der Waals surface area contributed by atoms with Crippen LogP contribution >= 0.6 is 43.2 Å². The number of nitrogens with one attached hydrogen (secondary N) is 1. The molecule has 1 atom stereocenters. The van der Waals surface area contributed by atoms with E-state index in [1.807, 2.05) is 13.0 Å². The number of rotatable bonds is 5. The van der Waals surface area contributed by atoms with E-state index in [0.29, 0.717) is 6.54 Å². The van der Waals surface area contributed by atoms with Crippen molar-refractivity contribution < 1.29 is 13.5 Å². The topological polar surface area (TPSA) is 21.3 Å². The summed E-state index contributed by atoms with van der Waals surface area (Å²) in [6.07, 6.45) is 0. The van der Waals surface area contributed by atoms with E-state index in [1.165, 1.54) is 30.6 Å². The Bertz CT molecular complexity index is 625. The fourth-order valence-electron chi connectivity index (χ4n) is 2.08. The highest BCUT2D eigenvalue weighted by molar-refractivity contribution is 9.12. The van der Waals surface area contributed by atoms with Crippen LogP contribution in [-0.2, 0) is 0 Å². The molecule has 2 nitrogen and oxygen atoms in total. The van der Waals surface area contributed by atoms with Gasteiger partial charge >= 0.3 is 0 Å². The summed E-state index contributed by atoms with van der Waals surface area (Å²) in [7, 11) is 1.38. The zero-order valence-corrected chi connectivity index (χ0v) is 15.3. The highest BCUT2D eigenvalue weighted by atomic mass is 79.9. The van der Waals surface area contributed by atoms with Crippen LogP contribution in [0, 0.1) is 11.6 Å². The predicted molar refractivity (Wildman–Crippen MR) is 88.1 cm³/mol. The molecule has 0 saturated carbocycles. The van der Waals surface area contributed by atoms with Gasteiger partial charge in [-0.2, -0.15) is 0 Å². The highest BCUT2D eigenvalue weighted by Gasteiger charge is 2.25. The number of hydrogen-bond acceptors (Lipinski definition) is 3. The van der Waals surface area contributed by atoms with Gasteiger partial charge in [-0.3, -0.25) is 0 Å². The lowest BCUT2D eigenvalue weighted by atomic mass is 9.99. The molecule has 2 aromatic rings. The Morgan fingerprint density at radius 1 is 1.24 bits per heavy atom. The van der Waals surface area contributed by atoms with E-state index in [1.54, 1.807) is 0 Å². The molecule has 2 rings (SSSR count). The maximum absolute atomic E-state index is 14.3. The second-order valence-electron chi connectivity index (χ2n) is 4.27. The van der Waals surface area contributed by atoms with Gasteiger partial charge in [-0.05, 0) is 50.0 Å². The largest absolute Gasteiger partial charge is 0.497 e. The van der Waals surface area contributed by atoms with Crippen LogP contribution in [0.5, 0.6) is 5.75 Å². The molecular weight excluding hydrogens is 428 g/mol. The molecule has 114 valence electrons. The van der Waals surface area contributed by atoms with Crippen LogP contribution in [0.4, 0.5) is 8.78 Å². The molecule has 0 saturated heterocycles.